The number of carbonyl (C=O) groups excluding carboxylic acids is 1. The molecule has 12 nitrogen and oxygen atoms in total. The lowest BCUT2D eigenvalue weighted by Crippen LogP contribution is -2.36. The van der Waals surface area contributed by atoms with E-state index < -0.39 is 24.0 Å². The van der Waals surface area contributed by atoms with Crippen molar-refractivity contribution in [1.82, 2.24) is 24.4 Å². The molecule has 4 aromatic heterocycles. The lowest BCUT2D eigenvalue weighted by molar-refractivity contribution is 0.0284. The Kier molecular flexibility index (Phi) is 8.72. The van der Waals surface area contributed by atoms with Crippen molar-refractivity contribution >= 4 is 28.2 Å². The molecule has 15 heteroatoms. The number of hydrogen-bond donors (Lipinski definition) is 3. The summed E-state index contributed by atoms with van der Waals surface area (Å²) in [5.41, 5.74) is 13.2. The first-order valence-electron chi connectivity index (χ1n) is 15.4. The number of aliphatic hydroxyl groups is 1. The van der Waals surface area contributed by atoms with Gasteiger partial charge in [-0.3, -0.25) is 9.79 Å². The third kappa shape index (κ3) is 6.90. The number of ether oxygens (including phenoxy) is 2. The molecule has 5 aromatic rings. The highest BCUT2D eigenvalue weighted by Gasteiger charge is 2.34. The summed E-state index contributed by atoms with van der Waals surface area (Å²) in [6.07, 6.45) is 4.90. The summed E-state index contributed by atoms with van der Waals surface area (Å²) in [6.45, 7) is 2.10. The topological polar surface area (TPSA) is 168 Å². The number of aromatic nitrogens is 5. The minimum Gasteiger partial charge on any atom is -0.491 e. The van der Waals surface area contributed by atoms with Gasteiger partial charge in [0.2, 0.25) is 11.8 Å². The zero-order valence-electron chi connectivity index (χ0n) is 26.5. The number of nitrogens with two attached hydrogens (primary N) is 2. The Morgan fingerprint density at radius 3 is 2.52 bits per heavy atom. The van der Waals surface area contributed by atoms with Gasteiger partial charge in [0.1, 0.15) is 35.6 Å². The largest absolute Gasteiger partial charge is 0.491 e. The number of hydrogen-bond acceptors (Lipinski definition) is 8. The number of amidine groups is 1. The standard InChI is InChI=1S/C33H35F3N8O4/c1-17(40-29(37)28-23-7-6-21(47-16-33(2,3)46)13-25(23)44(41-28)32(35)36)10-18-11-22(12-18)48-31-27(30(38)45)24-8-4-20(15-43(24)42-31)19-5-9-26(34)39-14-19/h4-9,13-15,17-18,22,32,46H,10-12,16H2,1-3H3,(H2,37,40)(H2,38,45)/t17-,18?,22?/m0/s1. The molecule has 252 valence electrons. The number of carbonyl (C=O) groups is 1. The van der Waals surface area contributed by atoms with E-state index in [-0.39, 0.29) is 53.2 Å². The van der Waals surface area contributed by atoms with E-state index in [9.17, 15) is 23.1 Å². The molecule has 1 aliphatic carbocycles. The molecule has 1 atom stereocenters. The molecule has 0 bridgehead atoms. The van der Waals surface area contributed by atoms with Crippen LogP contribution in [0.5, 0.6) is 11.6 Å². The van der Waals surface area contributed by atoms with Crippen molar-refractivity contribution in [2.75, 3.05) is 6.61 Å². The van der Waals surface area contributed by atoms with Crippen molar-refractivity contribution in [3.8, 4) is 22.8 Å². The number of amides is 1. The summed E-state index contributed by atoms with van der Waals surface area (Å²) >= 11 is 0. The fourth-order valence-corrected chi connectivity index (χ4v) is 5.82. The lowest BCUT2D eigenvalue weighted by Gasteiger charge is -2.35. The lowest BCUT2D eigenvalue weighted by atomic mass is 9.78. The van der Waals surface area contributed by atoms with Crippen molar-refractivity contribution < 1.29 is 32.5 Å². The van der Waals surface area contributed by atoms with E-state index in [1.807, 2.05) is 6.92 Å². The molecule has 48 heavy (non-hydrogen) atoms. The number of fused-ring (bicyclic) bond motifs is 2. The number of alkyl halides is 2. The summed E-state index contributed by atoms with van der Waals surface area (Å²) in [5.74, 6) is -0.553. The maximum Gasteiger partial charge on any atom is 0.333 e. The molecular weight excluding hydrogens is 629 g/mol. The van der Waals surface area contributed by atoms with Gasteiger partial charge in [-0.25, -0.2) is 14.2 Å². The highest BCUT2D eigenvalue weighted by molar-refractivity contribution is 6.07. The smallest absolute Gasteiger partial charge is 0.333 e. The monoisotopic (exact) mass is 664 g/mol. The average molecular weight is 665 g/mol. The number of rotatable bonds is 12. The summed E-state index contributed by atoms with van der Waals surface area (Å²) < 4.78 is 54.8. The van der Waals surface area contributed by atoms with E-state index in [1.165, 1.54) is 22.8 Å². The molecule has 0 saturated heterocycles. The predicted molar refractivity (Wildman–Crippen MR) is 172 cm³/mol. The molecule has 1 amide bonds. The normalized spacial score (nSPS) is 17.5. The zero-order chi connectivity index (χ0) is 34.3. The van der Waals surface area contributed by atoms with Crippen molar-refractivity contribution in [2.24, 2.45) is 22.4 Å². The Hall–Kier alpha value is -5.18. The molecule has 1 fully saturated rings. The maximum absolute atomic E-state index is 13.9. The summed E-state index contributed by atoms with van der Waals surface area (Å²) in [5, 5.41) is 18.8. The van der Waals surface area contributed by atoms with Gasteiger partial charge in [0.05, 0.1) is 16.6 Å². The molecule has 0 radical (unpaired) electrons. The Bertz CT molecular complexity index is 2000. The van der Waals surface area contributed by atoms with Crippen LogP contribution in [-0.4, -0.2) is 65.6 Å². The Labute approximate surface area is 273 Å². The Balaban J connectivity index is 1.11. The van der Waals surface area contributed by atoms with Crippen molar-refractivity contribution in [2.45, 2.75) is 64.3 Å². The number of aliphatic imine (C=N–C) groups is 1. The summed E-state index contributed by atoms with van der Waals surface area (Å²) in [4.78, 5) is 20.6. The van der Waals surface area contributed by atoms with Crippen LogP contribution in [0, 0.1) is 11.9 Å². The van der Waals surface area contributed by atoms with Gasteiger partial charge < -0.3 is 26.0 Å². The van der Waals surface area contributed by atoms with Crippen molar-refractivity contribution in [3.63, 3.8) is 0 Å². The van der Waals surface area contributed by atoms with Gasteiger partial charge in [-0.1, -0.05) is 6.07 Å². The van der Waals surface area contributed by atoms with Crippen LogP contribution in [0.2, 0.25) is 0 Å². The molecule has 0 unspecified atom stereocenters. The van der Waals surface area contributed by atoms with Crippen LogP contribution in [0.3, 0.4) is 0 Å². The first-order valence-corrected chi connectivity index (χ1v) is 15.4. The number of primary amides is 1. The molecule has 0 spiro atoms. The van der Waals surface area contributed by atoms with E-state index in [2.05, 4.69) is 20.2 Å². The van der Waals surface area contributed by atoms with Crippen LogP contribution in [0.15, 0.2) is 59.9 Å². The van der Waals surface area contributed by atoms with Crippen LogP contribution < -0.4 is 20.9 Å². The van der Waals surface area contributed by atoms with Gasteiger partial charge in [-0.15, -0.1) is 5.10 Å². The fourth-order valence-electron chi connectivity index (χ4n) is 5.82. The SMILES string of the molecule is C[C@@H](CC1CC(Oc2nn3cc(-c4ccc(F)nc4)ccc3c2C(N)=O)C1)N=C(N)c1nn(C(F)F)c2cc(OCC(C)(C)O)ccc12. The maximum atomic E-state index is 13.9. The van der Waals surface area contributed by atoms with Crippen LogP contribution in [-0.2, 0) is 0 Å². The molecule has 1 aliphatic rings. The van der Waals surface area contributed by atoms with E-state index in [0.717, 1.165) is 0 Å². The molecule has 0 aliphatic heterocycles. The second-order valence-corrected chi connectivity index (χ2v) is 12.7. The van der Waals surface area contributed by atoms with Gasteiger partial charge in [-0.2, -0.15) is 18.3 Å². The summed E-state index contributed by atoms with van der Waals surface area (Å²) in [7, 11) is 0. The number of nitrogens with zero attached hydrogens (tertiary/aromatic N) is 6. The van der Waals surface area contributed by atoms with E-state index in [1.54, 1.807) is 50.4 Å². The first-order chi connectivity index (χ1) is 22.8. The number of halogens is 3. The Morgan fingerprint density at radius 1 is 1.10 bits per heavy atom. The van der Waals surface area contributed by atoms with E-state index in [4.69, 9.17) is 20.9 Å². The van der Waals surface area contributed by atoms with Crippen LogP contribution in [0.25, 0.3) is 27.5 Å². The zero-order valence-corrected chi connectivity index (χ0v) is 26.5. The van der Waals surface area contributed by atoms with Crippen molar-refractivity contribution in [1.29, 1.82) is 0 Å². The number of pyridine rings is 2. The van der Waals surface area contributed by atoms with Crippen LogP contribution in [0.4, 0.5) is 13.2 Å². The van der Waals surface area contributed by atoms with E-state index in [0.29, 0.717) is 51.7 Å². The molecule has 6 rings (SSSR count). The minimum atomic E-state index is -2.92. The molecule has 1 aromatic carbocycles. The van der Waals surface area contributed by atoms with Crippen LogP contribution in [0.1, 0.15) is 62.6 Å². The summed E-state index contributed by atoms with van der Waals surface area (Å²) in [6, 6.07) is 10.7. The highest BCUT2D eigenvalue weighted by Crippen LogP contribution is 2.37. The molecule has 4 heterocycles. The van der Waals surface area contributed by atoms with Gasteiger partial charge in [-0.05, 0) is 76.3 Å². The second kappa shape index (κ2) is 12.8. The van der Waals surface area contributed by atoms with Gasteiger partial charge in [0.25, 0.3) is 5.91 Å². The second-order valence-electron chi connectivity index (χ2n) is 12.7. The predicted octanol–water partition coefficient (Wildman–Crippen LogP) is 4.87. The van der Waals surface area contributed by atoms with Crippen molar-refractivity contribution in [3.05, 3.63) is 72.1 Å². The minimum absolute atomic E-state index is 0.0224. The molecule has 5 N–H and O–H groups in total. The van der Waals surface area contributed by atoms with Gasteiger partial charge >= 0.3 is 6.55 Å². The van der Waals surface area contributed by atoms with Gasteiger partial charge in [0.15, 0.2) is 0 Å². The Morgan fingerprint density at radius 2 is 1.85 bits per heavy atom. The first kappa shape index (κ1) is 32.7. The molecular formula is C33H35F3N8O4. The average Bonchev–Trinajstić information content (AvgIpc) is 3.57. The quantitative estimate of drug-likeness (QED) is 0.0965. The third-order valence-corrected chi connectivity index (χ3v) is 8.11. The molecule has 1 saturated carbocycles. The highest BCUT2D eigenvalue weighted by atomic mass is 19.3. The fraction of sp³-hybridized carbons (Fsp3) is 0.364. The van der Waals surface area contributed by atoms with Crippen LogP contribution >= 0.6 is 0 Å². The number of benzene rings is 1. The van der Waals surface area contributed by atoms with E-state index >= 15 is 0 Å². The van der Waals surface area contributed by atoms with Gasteiger partial charge in [0, 0.05) is 41.0 Å². The third-order valence-electron chi connectivity index (χ3n) is 8.11.